The first-order valence-corrected chi connectivity index (χ1v) is 7.63. The second-order valence-corrected chi connectivity index (χ2v) is 6.54. The van der Waals surface area contributed by atoms with E-state index >= 15 is 0 Å². The Hall–Kier alpha value is -1.10. The van der Waals surface area contributed by atoms with Crippen molar-refractivity contribution < 1.29 is 9.53 Å². The predicted molar refractivity (Wildman–Crippen MR) is 91.1 cm³/mol. The van der Waals surface area contributed by atoms with Gasteiger partial charge in [-0.25, -0.2) is 0 Å². The largest absolute Gasteiger partial charge is 0.369 e. The molecule has 1 amide bonds. The highest BCUT2D eigenvalue weighted by molar-refractivity contribution is 5.85. The molecule has 1 saturated heterocycles. The van der Waals surface area contributed by atoms with Gasteiger partial charge in [-0.1, -0.05) is 30.3 Å². The maximum absolute atomic E-state index is 12.5. The number of nitrogens with zero attached hydrogens (tertiary/aromatic N) is 1. The van der Waals surface area contributed by atoms with E-state index in [1.165, 1.54) is 0 Å². The summed E-state index contributed by atoms with van der Waals surface area (Å²) >= 11 is 0. The summed E-state index contributed by atoms with van der Waals surface area (Å²) in [4.78, 5) is 14.5. The lowest BCUT2D eigenvalue weighted by molar-refractivity contribution is -0.155. The number of benzene rings is 1. The van der Waals surface area contributed by atoms with Crippen LogP contribution in [0.4, 0.5) is 0 Å². The lowest BCUT2D eigenvalue weighted by Crippen LogP contribution is -2.56. The summed E-state index contributed by atoms with van der Waals surface area (Å²) in [6, 6.07) is 10.1. The molecule has 1 aliphatic rings. The van der Waals surface area contributed by atoms with E-state index in [2.05, 4.69) is 13.8 Å². The van der Waals surface area contributed by atoms with Crippen LogP contribution in [0.2, 0.25) is 0 Å². The Morgan fingerprint density at radius 3 is 2.64 bits per heavy atom. The van der Waals surface area contributed by atoms with Gasteiger partial charge in [0.15, 0.2) is 0 Å². The van der Waals surface area contributed by atoms with Crippen LogP contribution in [-0.2, 0) is 9.53 Å². The van der Waals surface area contributed by atoms with Crippen LogP contribution < -0.4 is 5.73 Å². The van der Waals surface area contributed by atoms with Crippen molar-refractivity contribution in [3.63, 3.8) is 0 Å². The van der Waals surface area contributed by atoms with Crippen LogP contribution in [0.15, 0.2) is 30.3 Å². The molecule has 0 spiro atoms. The number of hydrogen-bond donors (Lipinski definition) is 1. The molecule has 124 valence electrons. The summed E-state index contributed by atoms with van der Waals surface area (Å²) in [5, 5.41) is 0. The fraction of sp³-hybridized carbons (Fsp3) is 0.588. The molecule has 2 unspecified atom stereocenters. The standard InChI is InChI=1S/C17H26N2O2.ClH/c1-13(18)9-10-16(20)19-11-15(21-12-17(19,2)3)14-7-5-4-6-8-14;/h4-8,13,15H,9-12,18H2,1-3H3;1H. The van der Waals surface area contributed by atoms with Crippen LogP contribution in [0.3, 0.4) is 0 Å². The number of ether oxygens (including phenoxy) is 1. The molecule has 1 aromatic carbocycles. The van der Waals surface area contributed by atoms with Gasteiger partial charge < -0.3 is 15.4 Å². The van der Waals surface area contributed by atoms with E-state index in [9.17, 15) is 4.79 Å². The normalized spacial score (nSPS) is 21.8. The monoisotopic (exact) mass is 326 g/mol. The summed E-state index contributed by atoms with van der Waals surface area (Å²) in [5.41, 5.74) is 6.62. The Bertz CT molecular complexity index is 477. The third-order valence-corrected chi connectivity index (χ3v) is 4.00. The van der Waals surface area contributed by atoms with Gasteiger partial charge in [-0.2, -0.15) is 0 Å². The molecule has 1 heterocycles. The van der Waals surface area contributed by atoms with Gasteiger partial charge in [0.2, 0.25) is 5.91 Å². The molecular formula is C17H27ClN2O2. The van der Waals surface area contributed by atoms with Crippen molar-refractivity contribution in [2.24, 2.45) is 5.73 Å². The molecule has 0 aromatic heterocycles. The van der Waals surface area contributed by atoms with E-state index in [1.54, 1.807) is 0 Å². The zero-order chi connectivity index (χ0) is 15.5. The number of hydrogen-bond acceptors (Lipinski definition) is 3. The quantitative estimate of drug-likeness (QED) is 0.925. The number of halogens is 1. The molecule has 0 bridgehead atoms. The average Bonchev–Trinajstić information content (AvgIpc) is 2.45. The van der Waals surface area contributed by atoms with E-state index in [0.29, 0.717) is 19.6 Å². The Labute approximate surface area is 139 Å². The van der Waals surface area contributed by atoms with Gasteiger partial charge in [0.25, 0.3) is 0 Å². The SMILES string of the molecule is CC(N)CCC(=O)N1CC(c2ccccc2)OCC1(C)C.Cl. The minimum atomic E-state index is -0.264. The molecule has 0 radical (unpaired) electrons. The second-order valence-electron chi connectivity index (χ2n) is 6.54. The second kappa shape index (κ2) is 7.95. The number of carbonyl (C=O) groups excluding carboxylic acids is 1. The van der Waals surface area contributed by atoms with Gasteiger partial charge in [0.1, 0.15) is 6.10 Å². The van der Waals surface area contributed by atoms with Gasteiger partial charge in [-0.05, 0) is 32.8 Å². The minimum Gasteiger partial charge on any atom is -0.369 e. The number of amides is 1. The number of nitrogens with two attached hydrogens (primary N) is 1. The van der Waals surface area contributed by atoms with Crippen molar-refractivity contribution in [2.75, 3.05) is 13.2 Å². The Kier molecular flexibility index (Phi) is 6.85. The van der Waals surface area contributed by atoms with E-state index in [4.69, 9.17) is 10.5 Å². The molecule has 1 aliphatic heterocycles. The van der Waals surface area contributed by atoms with Crippen LogP contribution in [0.1, 0.15) is 45.3 Å². The number of morpholine rings is 1. The summed E-state index contributed by atoms with van der Waals surface area (Å²) in [6.07, 6.45) is 1.18. The molecule has 2 N–H and O–H groups in total. The van der Waals surface area contributed by atoms with Gasteiger partial charge in [0.05, 0.1) is 18.7 Å². The average molecular weight is 327 g/mol. The molecule has 1 aromatic rings. The summed E-state index contributed by atoms with van der Waals surface area (Å²) in [7, 11) is 0. The third-order valence-electron chi connectivity index (χ3n) is 4.00. The Balaban J connectivity index is 0.00000242. The maximum Gasteiger partial charge on any atom is 0.223 e. The zero-order valence-corrected chi connectivity index (χ0v) is 14.4. The molecule has 2 atom stereocenters. The highest BCUT2D eigenvalue weighted by Crippen LogP contribution is 2.30. The lowest BCUT2D eigenvalue weighted by Gasteiger charge is -2.45. The molecule has 0 saturated carbocycles. The van der Waals surface area contributed by atoms with Gasteiger partial charge >= 0.3 is 0 Å². The summed E-state index contributed by atoms with van der Waals surface area (Å²) < 4.78 is 5.97. The van der Waals surface area contributed by atoms with Crippen molar-refractivity contribution in [3.8, 4) is 0 Å². The van der Waals surface area contributed by atoms with E-state index in [1.807, 2.05) is 42.2 Å². The maximum atomic E-state index is 12.5. The molecule has 4 nitrogen and oxygen atoms in total. The van der Waals surface area contributed by atoms with Crippen LogP contribution in [0, 0.1) is 0 Å². The molecule has 22 heavy (non-hydrogen) atoms. The van der Waals surface area contributed by atoms with Crippen LogP contribution in [0.5, 0.6) is 0 Å². The van der Waals surface area contributed by atoms with Crippen LogP contribution in [0.25, 0.3) is 0 Å². The first-order chi connectivity index (χ1) is 9.90. The first kappa shape index (κ1) is 18.9. The fourth-order valence-corrected chi connectivity index (χ4v) is 2.64. The number of carbonyl (C=O) groups is 1. The van der Waals surface area contributed by atoms with Crippen LogP contribution in [-0.4, -0.2) is 35.5 Å². The predicted octanol–water partition coefficient (Wildman–Crippen LogP) is 2.91. The van der Waals surface area contributed by atoms with Crippen LogP contribution >= 0.6 is 12.4 Å². The van der Waals surface area contributed by atoms with Gasteiger partial charge in [-0.3, -0.25) is 4.79 Å². The highest BCUT2D eigenvalue weighted by atomic mass is 35.5. The molecule has 5 heteroatoms. The Morgan fingerprint density at radius 1 is 1.41 bits per heavy atom. The van der Waals surface area contributed by atoms with E-state index in [0.717, 1.165) is 12.0 Å². The van der Waals surface area contributed by atoms with Crippen molar-refractivity contribution in [2.45, 2.75) is 51.3 Å². The number of rotatable bonds is 4. The summed E-state index contributed by atoms with van der Waals surface area (Å²) in [6.45, 7) is 7.20. The van der Waals surface area contributed by atoms with E-state index in [-0.39, 0.29) is 36.0 Å². The van der Waals surface area contributed by atoms with E-state index < -0.39 is 0 Å². The molecular weight excluding hydrogens is 300 g/mol. The molecule has 0 aliphatic carbocycles. The smallest absolute Gasteiger partial charge is 0.223 e. The lowest BCUT2D eigenvalue weighted by atomic mass is 9.97. The Morgan fingerprint density at radius 2 is 2.05 bits per heavy atom. The van der Waals surface area contributed by atoms with Crippen molar-refractivity contribution >= 4 is 18.3 Å². The van der Waals surface area contributed by atoms with Crippen molar-refractivity contribution in [1.29, 1.82) is 0 Å². The molecule has 1 fully saturated rings. The molecule has 2 rings (SSSR count). The van der Waals surface area contributed by atoms with Gasteiger partial charge in [-0.15, -0.1) is 12.4 Å². The first-order valence-electron chi connectivity index (χ1n) is 7.63. The zero-order valence-electron chi connectivity index (χ0n) is 13.6. The minimum absolute atomic E-state index is 0. The van der Waals surface area contributed by atoms with Gasteiger partial charge in [0, 0.05) is 12.5 Å². The van der Waals surface area contributed by atoms with Crippen molar-refractivity contribution in [1.82, 2.24) is 4.90 Å². The highest BCUT2D eigenvalue weighted by Gasteiger charge is 2.38. The van der Waals surface area contributed by atoms with Crippen molar-refractivity contribution in [3.05, 3.63) is 35.9 Å². The third kappa shape index (κ3) is 4.70. The topological polar surface area (TPSA) is 55.6 Å². The summed E-state index contributed by atoms with van der Waals surface area (Å²) in [5.74, 6) is 0.168. The fourth-order valence-electron chi connectivity index (χ4n) is 2.64.